The zero-order valence-corrected chi connectivity index (χ0v) is 20.4. The Kier molecular flexibility index (Phi) is 7.00. The predicted molar refractivity (Wildman–Crippen MR) is 135 cm³/mol. The van der Waals surface area contributed by atoms with Gasteiger partial charge in [0, 0.05) is 35.9 Å². The minimum Gasteiger partial charge on any atom is -0.508 e. The number of amides is 1. The lowest BCUT2D eigenvalue weighted by molar-refractivity contribution is 0.0982. The van der Waals surface area contributed by atoms with E-state index < -0.39 is 15.9 Å². The maximum atomic E-state index is 13.4. The molecule has 4 rings (SSSR count). The molecule has 3 N–H and O–H groups in total. The molecule has 1 amide bonds. The van der Waals surface area contributed by atoms with E-state index in [1.165, 1.54) is 30.3 Å². The number of benzene rings is 2. The first-order valence-corrected chi connectivity index (χ1v) is 12.4. The lowest BCUT2D eigenvalue weighted by Gasteiger charge is -2.24. The number of nitrogens with zero attached hydrogens (tertiary/aromatic N) is 3. The molecule has 2 heterocycles. The van der Waals surface area contributed by atoms with Crippen molar-refractivity contribution < 1.29 is 23.4 Å². The van der Waals surface area contributed by atoms with Gasteiger partial charge in [0.2, 0.25) is 10.0 Å². The van der Waals surface area contributed by atoms with E-state index in [2.05, 4.69) is 14.7 Å². The Morgan fingerprint density at radius 3 is 2.39 bits per heavy atom. The van der Waals surface area contributed by atoms with E-state index in [4.69, 9.17) is 0 Å². The van der Waals surface area contributed by atoms with Gasteiger partial charge in [-0.1, -0.05) is 18.2 Å². The molecule has 36 heavy (non-hydrogen) atoms. The number of aromatic nitrogens is 2. The van der Waals surface area contributed by atoms with E-state index in [-0.39, 0.29) is 28.5 Å². The van der Waals surface area contributed by atoms with E-state index in [1.807, 2.05) is 6.07 Å². The van der Waals surface area contributed by atoms with Crippen LogP contribution < -0.4 is 9.62 Å². The van der Waals surface area contributed by atoms with Gasteiger partial charge in [0.15, 0.2) is 0 Å². The first-order valence-electron chi connectivity index (χ1n) is 10.9. The highest BCUT2D eigenvalue weighted by Crippen LogP contribution is 2.30. The lowest BCUT2D eigenvalue weighted by Crippen LogP contribution is -2.30. The smallest absolute Gasteiger partial charge is 0.262 e. The van der Waals surface area contributed by atoms with Gasteiger partial charge in [-0.15, -0.1) is 0 Å². The van der Waals surface area contributed by atoms with Crippen LogP contribution in [-0.4, -0.2) is 41.6 Å². The van der Waals surface area contributed by atoms with Gasteiger partial charge in [-0.25, -0.2) is 13.1 Å². The van der Waals surface area contributed by atoms with Crippen LogP contribution in [0.2, 0.25) is 0 Å². The number of aromatic hydroxyl groups is 2. The van der Waals surface area contributed by atoms with Crippen LogP contribution in [-0.2, 0) is 16.6 Å². The molecule has 0 aliphatic rings. The molecule has 2 aromatic heterocycles. The van der Waals surface area contributed by atoms with Gasteiger partial charge in [-0.2, -0.15) is 0 Å². The molecule has 0 spiro atoms. The van der Waals surface area contributed by atoms with Crippen LogP contribution in [0.5, 0.6) is 11.5 Å². The van der Waals surface area contributed by atoms with Crippen molar-refractivity contribution in [2.75, 3.05) is 11.9 Å². The number of nitrogens with one attached hydrogen (secondary N) is 1. The standard InChI is InChI=1S/C26H24N4O5S/c1-17-12-22(36(34,35)27-2)15-29-25(17)19-5-7-20(8-6-19)30(16-18-4-3-11-28-14-18)26(33)23-10-9-21(31)13-24(23)32/h3-15,27,31-32H,16H2,1-2H3. The highest BCUT2D eigenvalue weighted by Gasteiger charge is 2.22. The van der Waals surface area contributed by atoms with Gasteiger partial charge >= 0.3 is 0 Å². The number of anilines is 1. The molecule has 0 aliphatic carbocycles. The number of phenols is 2. The predicted octanol–water partition coefficient (Wildman–Crippen LogP) is 3.62. The van der Waals surface area contributed by atoms with Crippen molar-refractivity contribution in [2.45, 2.75) is 18.4 Å². The van der Waals surface area contributed by atoms with Crippen molar-refractivity contribution in [1.29, 1.82) is 0 Å². The van der Waals surface area contributed by atoms with E-state index >= 15 is 0 Å². The summed E-state index contributed by atoms with van der Waals surface area (Å²) in [7, 11) is -2.27. The van der Waals surface area contributed by atoms with Gasteiger partial charge in [-0.3, -0.25) is 14.8 Å². The summed E-state index contributed by atoms with van der Waals surface area (Å²) in [5.41, 5.74) is 3.42. The van der Waals surface area contributed by atoms with E-state index in [0.717, 1.165) is 17.2 Å². The molecular weight excluding hydrogens is 480 g/mol. The van der Waals surface area contributed by atoms with E-state index in [0.29, 0.717) is 16.9 Å². The van der Waals surface area contributed by atoms with Gasteiger partial charge in [0.25, 0.3) is 5.91 Å². The Balaban J connectivity index is 1.70. The van der Waals surface area contributed by atoms with Crippen molar-refractivity contribution >= 4 is 21.6 Å². The number of phenolic OH excluding ortho intramolecular Hbond substituents is 2. The number of rotatable bonds is 7. The molecule has 0 unspecified atom stereocenters. The monoisotopic (exact) mass is 504 g/mol. The van der Waals surface area contributed by atoms with E-state index in [1.54, 1.807) is 55.7 Å². The summed E-state index contributed by atoms with van der Waals surface area (Å²) in [5.74, 6) is -0.937. The second kappa shape index (κ2) is 10.1. The van der Waals surface area contributed by atoms with Crippen LogP contribution >= 0.6 is 0 Å². The van der Waals surface area contributed by atoms with Crippen molar-refractivity contribution in [3.05, 3.63) is 95.9 Å². The van der Waals surface area contributed by atoms with Crippen molar-refractivity contribution in [3.8, 4) is 22.8 Å². The Hall–Kier alpha value is -4.28. The normalized spacial score (nSPS) is 11.3. The number of carbonyl (C=O) groups is 1. The molecule has 0 saturated carbocycles. The summed E-state index contributed by atoms with van der Waals surface area (Å²) in [6, 6.07) is 16.1. The van der Waals surface area contributed by atoms with Crippen LogP contribution in [0.3, 0.4) is 0 Å². The number of aryl methyl sites for hydroxylation is 1. The van der Waals surface area contributed by atoms with Crippen LogP contribution in [0.15, 0.2) is 84.1 Å². The quantitative estimate of drug-likeness (QED) is 0.350. The molecule has 0 aliphatic heterocycles. The van der Waals surface area contributed by atoms with Crippen LogP contribution in [0.25, 0.3) is 11.3 Å². The summed E-state index contributed by atoms with van der Waals surface area (Å²) < 4.78 is 26.4. The molecule has 10 heteroatoms. The zero-order valence-electron chi connectivity index (χ0n) is 19.6. The largest absolute Gasteiger partial charge is 0.508 e. The number of hydrogen-bond donors (Lipinski definition) is 3. The average molecular weight is 505 g/mol. The molecule has 2 aromatic carbocycles. The van der Waals surface area contributed by atoms with Crippen LogP contribution in [0, 0.1) is 6.92 Å². The Bertz CT molecular complexity index is 1510. The highest BCUT2D eigenvalue weighted by atomic mass is 32.2. The summed E-state index contributed by atoms with van der Waals surface area (Å²) in [4.78, 5) is 23.5. The molecule has 0 saturated heterocycles. The average Bonchev–Trinajstić information content (AvgIpc) is 2.87. The minimum absolute atomic E-state index is 0.0413. The SMILES string of the molecule is CNS(=O)(=O)c1cnc(-c2ccc(N(Cc3cccnc3)C(=O)c3ccc(O)cc3O)cc2)c(C)c1. The van der Waals surface area contributed by atoms with Gasteiger partial charge < -0.3 is 15.1 Å². The maximum absolute atomic E-state index is 13.4. The third-order valence-corrected chi connectivity index (χ3v) is 6.99. The fourth-order valence-electron chi connectivity index (χ4n) is 3.72. The number of pyridine rings is 2. The second-order valence-corrected chi connectivity index (χ2v) is 9.93. The number of hydrogen-bond acceptors (Lipinski definition) is 7. The Morgan fingerprint density at radius 2 is 1.78 bits per heavy atom. The van der Waals surface area contributed by atoms with Gasteiger partial charge in [-0.05, 0) is 61.5 Å². The topological polar surface area (TPSA) is 133 Å². The summed E-state index contributed by atoms with van der Waals surface area (Å²) in [5, 5.41) is 19.9. The van der Waals surface area contributed by atoms with Crippen molar-refractivity contribution in [3.63, 3.8) is 0 Å². The Labute approximate surface area is 208 Å². The molecule has 0 fully saturated rings. The van der Waals surface area contributed by atoms with Gasteiger partial charge in [0.05, 0.1) is 17.8 Å². The number of carbonyl (C=O) groups excluding carboxylic acids is 1. The van der Waals surface area contributed by atoms with Crippen molar-refractivity contribution in [1.82, 2.24) is 14.7 Å². The molecule has 0 radical (unpaired) electrons. The molecular formula is C26H24N4O5S. The third kappa shape index (κ3) is 5.19. The maximum Gasteiger partial charge on any atom is 0.262 e. The first kappa shape index (κ1) is 24.8. The highest BCUT2D eigenvalue weighted by molar-refractivity contribution is 7.89. The molecule has 0 bridgehead atoms. The molecule has 9 nitrogen and oxygen atoms in total. The van der Waals surface area contributed by atoms with Crippen molar-refractivity contribution in [2.24, 2.45) is 0 Å². The van der Waals surface area contributed by atoms with Crippen LogP contribution in [0.1, 0.15) is 21.5 Å². The third-order valence-electron chi connectivity index (χ3n) is 5.60. The molecule has 184 valence electrons. The summed E-state index contributed by atoms with van der Waals surface area (Å²) >= 11 is 0. The molecule has 0 atom stereocenters. The Morgan fingerprint density at radius 1 is 1.03 bits per heavy atom. The fraction of sp³-hybridized carbons (Fsp3) is 0.115. The lowest BCUT2D eigenvalue weighted by atomic mass is 10.1. The zero-order chi connectivity index (χ0) is 25.9. The fourth-order valence-corrected chi connectivity index (χ4v) is 4.48. The minimum atomic E-state index is -3.61. The van der Waals surface area contributed by atoms with E-state index in [9.17, 15) is 23.4 Å². The first-order chi connectivity index (χ1) is 17.2. The van der Waals surface area contributed by atoms with Gasteiger partial charge in [0.1, 0.15) is 16.4 Å². The molecule has 4 aromatic rings. The summed E-state index contributed by atoms with van der Waals surface area (Å²) in [6.07, 6.45) is 4.59. The van der Waals surface area contributed by atoms with Crippen LogP contribution in [0.4, 0.5) is 5.69 Å². The second-order valence-electron chi connectivity index (χ2n) is 8.04. The summed E-state index contributed by atoms with van der Waals surface area (Å²) in [6.45, 7) is 1.97. The number of sulfonamides is 1.